The van der Waals surface area contributed by atoms with E-state index in [1.54, 1.807) is 12.1 Å². The summed E-state index contributed by atoms with van der Waals surface area (Å²) in [5.41, 5.74) is 1.86. The Morgan fingerprint density at radius 2 is 1.80 bits per heavy atom. The molecule has 0 unspecified atom stereocenters. The van der Waals surface area contributed by atoms with Crippen molar-refractivity contribution in [2.45, 2.75) is 44.7 Å². The Balaban J connectivity index is 1.68. The summed E-state index contributed by atoms with van der Waals surface area (Å²) in [6.07, 6.45) is 1.43. The van der Waals surface area contributed by atoms with Crippen LogP contribution in [0.1, 0.15) is 31.9 Å². The van der Waals surface area contributed by atoms with Crippen LogP contribution in [-0.2, 0) is 16.6 Å². The summed E-state index contributed by atoms with van der Waals surface area (Å²) >= 11 is 0. The zero-order valence-electron chi connectivity index (χ0n) is 18.5. The van der Waals surface area contributed by atoms with E-state index in [2.05, 4.69) is 15.2 Å². The normalized spacial score (nSPS) is 16.4. The Labute approximate surface area is 180 Å². The van der Waals surface area contributed by atoms with Crippen molar-refractivity contribution in [2.24, 2.45) is 0 Å². The van der Waals surface area contributed by atoms with Crippen LogP contribution in [0.5, 0.6) is 5.75 Å². The first-order valence-electron chi connectivity index (χ1n) is 10.2. The SMILES string of the molecule is Cc1ccc(CNc2ccc(S(=O)(=O)N3CCN(C)CC3)cn2)c(OC(C)(C)C)c1. The summed E-state index contributed by atoms with van der Waals surface area (Å²) in [6, 6.07) is 9.44. The second kappa shape index (κ2) is 8.91. The van der Waals surface area contributed by atoms with Crippen LogP contribution in [0.25, 0.3) is 0 Å². The first-order chi connectivity index (χ1) is 14.0. The number of likely N-dealkylation sites (N-methyl/N-ethyl adjacent to an activating group) is 1. The molecule has 1 saturated heterocycles. The van der Waals surface area contributed by atoms with Gasteiger partial charge in [-0.25, -0.2) is 13.4 Å². The maximum atomic E-state index is 12.8. The molecule has 0 saturated carbocycles. The summed E-state index contributed by atoms with van der Waals surface area (Å²) in [6.45, 7) is 11.1. The molecule has 3 rings (SSSR count). The van der Waals surface area contributed by atoms with Gasteiger partial charge in [0.15, 0.2) is 0 Å². The minimum absolute atomic E-state index is 0.227. The number of sulfonamides is 1. The van der Waals surface area contributed by atoms with Crippen molar-refractivity contribution in [2.75, 3.05) is 38.5 Å². The number of aromatic nitrogens is 1. The summed E-state index contributed by atoms with van der Waals surface area (Å²) in [5, 5.41) is 3.26. The lowest BCUT2D eigenvalue weighted by Crippen LogP contribution is -2.47. The van der Waals surface area contributed by atoms with Crippen LogP contribution < -0.4 is 10.1 Å². The van der Waals surface area contributed by atoms with Gasteiger partial charge in [0.1, 0.15) is 22.1 Å². The Bertz CT molecular complexity index is 961. The maximum Gasteiger partial charge on any atom is 0.244 e. The zero-order chi connectivity index (χ0) is 21.9. The lowest BCUT2D eigenvalue weighted by molar-refractivity contribution is 0.129. The maximum absolute atomic E-state index is 12.8. The van der Waals surface area contributed by atoms with Crippen LogP contribution in [0.3, 0.4) is 0 Å². The average molecular weight is 433 g/mol. The fraction of sp³-hybridized carbons (Fsp3) is 0.500. The van der Waals surface area contributed by atoms with Crippen LogP contribution in [0, 0.1) is 6.92 Å². The predicted molar refractivity (Wildman–Crippen MR) is 119 cm³/mol. The predicted octanol–water partition coefficient (Wildman–Crippen LogP) is 3.12. The molecule has 0 aliphatic carbocycles. The number of benzene rings is 1. The molecule has 0 spiro atoms. The number of anilines is 1. The van der Waals surface area contributed by atoms with E-state index in [4.69, 9.17) is 4.74 Å². The number of piperazine rings is 1. The van der Waals surface area contributed by atoms with E-state index in [0.717, 1.165) is 30.0 Å². The highest BCUT2D eigenvalue weighted by molar-refractivity contribution is 7.89. The largest absolute Gasteiger partial charge is 0.488 e. The van der Waals surface area contributed by atoms with E-state index in [-0.39, 0.29) is 10.5 Å². The molecule has 1 aliphatic heterocycles. The number of nitrogens with zero attached hydrogens (tertiary/aromatic N) is 3. The van der Waals surface area contributed by atoms with Crippen LogP contribution in [0.2, 0.25) is 0 Å². The van der Waals surface area contributed by atoms with Gasteiger partial charge >= 0.3 is 0 Å². The van der Waals surface area contributed by atoms with Gasteiger partial charge in [-0.2, -0.15) is 4.31 Å². The molecule has 7 nitrogen and oxygen atoms in total. The lowest BCUT2D eigenvalue weighted by atomic mass is 10.1. The van der Waals surface area contributed by atoms with E-state index < -0.39 is 10.0 Å². The quantitative estimate of drug-likeness (QED) is 0.756. The first-order valence-corrected chi connectivity index (χ1v) is 11.7. The van der Waals surface area contributed by atoms with Crippen molar-refractivity contribution in [3.8, 4) is 5.75 Å². The molecule has 2 heterocycles. The Morgan fingerprint density at radius 1 is 1.10 bits per heavy atom. The molecule has 0 radical (unpaired) electrons. The van der Waals surface area contributed by atoms with Crippen molar-refractivity contribution in [3.05, 3.63) is 47.7 Å². The average Bonchev–Trinajstić information content (AvgIpc) is 2.67. The van der Waals surface area contributed by atoms with Gasteiger partial charge in [0.25, 0.3) is 0 Å². The third-order valence-corrected chi connectivity index (χ3v) is 6.82. The molecular formula is C22H32N4O3S. The molecule has 164 valence electrons. The smallest absolute Gasteiger partial charge is 0.244 e. The molecule has 8 heteroatoms. The number of ether oxygens (including phenoxy) is 1. The number of pyridine rings is 1. The Kier molecular flexibility index (Phi) is 6.69. The standard InChI is InChI=1S/C22H32N4O3S/c1-17-6-7-18(20(14-17)29-22(2,3)4)15-23-21-9-8-19(16-24-21)30(27,28)26-12-10-25(5)11-13-26/h6-9,14,16H,10-13,15H2,1-5H3,(H,23,24). The van der Waals surface area contributed by atoms with Crippen LogP contribution in [0.4, 0.5) is 5.82 Å². The van der Waals surface area contributed by atoms with Gasteiger partial charge in [-0.05, 0) is 58.5 Å². The van der Waals surface area contributed by atoms with E-state index in [1.165, 1.54) is 10.5 Å². The van der Waals surface area contributed by atoms with Crippen molar-refractivity contribution in [1.82, 2.24) is 14.2 Å². The van der Waals surface area contributed by atoms with E-state index >= 15 is 0 Å². The number of rotatable bonds is 6. The Morgan fingerprint density at radius 3 is 2.40 bits per heavy atom. The van der Waals surface area contributed by atoms with Crippen LogP contribution >= 0.6 is 0 Å². The third kappa shape index (κ3) is 5.71. The molecular weight excluding hydrogens is 400 g/mol. The van der Waals surface area contributed by atoms with Gasteiger partial charge in [0.2, 0.25) is 10.0 Å². The molecule has 0 bridgehead atoms. The third-order valence-electron chi connectivity index (χ3n) is 4.94. The number of nitrogens with one attached hydrogen (secondary N) is 1. The molecule has 1 fully saturated rings. The summed E-state index contributed by atoms with van der Waals surface area (Å²) in [7, 11) is -1.51. The van der Waals surface area contributed by atoms with E-state index in [1.807, 2.05) is 52.9 Å². The van der Waals surface area contributed by atoms with Gasteiger partial charge in [-0.15, -0.1) is 0 Å². The molecule has 2 aromatic rings. The van der Waals surface area contributed by atoms with E-state index in [9.17, 15) is 8.42 Å². The first kappa shape index (κ1) is 22.5. The summed E-state index contributed by atoms with van der Waals surface area (Å²) in [4.78, 5) is 6.68. The second-order valence-corrected chi connectivity index (χ2v) is 10.7. The molecule has 1 aromatic heterocycles. The lowest BCUT2D eigenvalue weighted by Gasteiger charge is -2.31. The fourth-order valence-electron chi connectivity index (χ4n) is 3.23. The Hall–Kier alpha value is -2.16. The minimum Gasteiger partial charge on any atom is -0.488 e. The van der Waals surface area contributed by atoms with Crippen molar-refractivity contribution < 1.29 is 13.2 Å². The monoisotopic (exact) mass is 432 g/mol. The highest BCUT2D eigenvalue weighted by Crippen LogP contribution is 2.26. The molecule has 1 aliphatic rings. The van der Waals surface area contributed by atoms with Gasteiger partial charge in [-0.3, -0.25) is 0 Å². The van der Waals surface area contributed by atoms with Crippen LogP contribution in [-0.4, -0.2) is 61.4 Å². The van der Waals surface area contributed by atoms with Gasteiger partial charge in [-0.1, -0.05) is 12.1 Å². The number of aryl methyl sites for hydroxylation is 1. The topological polar surface area (TPSA) is 74.8 Å². The molecule has 1 aromatic carbocycles. The molecule has 30 heavy (non-hydrogen) atoms. The summed E-state index contributed by atoms with van der Waals surface area (Å²) < 4.78 is 33.3. The molecule has 0 amide bonds. The minimum atomic E-state index is -3.50. The van der Waals surface area contributed by atoms with E-state index in [0.29, 0.717) is 25.5 Å². The van der Waals surface area contributed by atoms with Gasteiger partial charge in [0, 0.05) is 44.5 Å². The van der Waals surface area contributed by atoms with Crippen molar-refractivity contribution >= 4 is 15.8 Å². The molecule has 0 atom stereocenters. The molecule has 1 N–H and O–H groups in total. The second-order valence-electron chi connectivity index (χ2n) is 8.77. The summed E-state index contributed by atoms with van der Waals surface area (Å²) in [5.74, 6) is 1.46. The van der Waals surface area contributed by atoms with Crippen molar-refractivity contribution in [1.29, 1.82) is 0 Å². The van der Waals surface area contributed by atoms with Crippen LogP contribution in [0.15, 0.2) is 41.4 Å². The fourth-order valence-corrected chi connectivity index (χ4v) is 4.60. The van der Waals surface area contributed by atoms with Gasteiger partial charge in [0.05, 0.1) is 0 Å². The van der Waals surface area contributed by atoms with Gasteiger partial charge < -0.3 is 15.0 Å². The van der Waals surface area contributed by atoms with Crippen molar-refractivity contribution in [3.63, 3.8) is 0 Å². The highest BCUT2D eigenvalue weighted by atomic mass is 32.2. The number of hydrogen-bond acceptors (Lipinski definition) is 6. The highest BCUT2D eigenvalue weighted by Gasteiger charge is 2.27. The zero-order valence-corrected chi connectivity index (χ0v) is 19.3. The number of hydrogen-bond donors (Lipinski definition) is 1.